The molecule has 8 heteroatoms. The van der Waals surface area contributed by atoms with Gasteiger partial charge in [-0.05, 0) is 36.8 Å². The predicted molar refractivity (Wildman–Crippen MR) is 115 cm³/mol. The van der Waals surface area contributed by atoms with Gasteiger partial charge in [0.25, 0.3) is 11.8 Å². The second kappa shape index (κ2) is 8.12. The molecule has 0 spiro atoms. The molecule has 0 saturated heterocycles. The fraction of sp³-hybridized carbons (Fsp3) is 0.182. The summed E-state index contributed by atoms with van der Waals surface area (Å²) in [5, 5.41) is 11.9. The van der Waals surface area contributed by atoms with Gasteiger partial charge in [-0.1, -0.05) is 48.8 Å². The van der Waals surface area contributed by atoms with Gasteiger partial charge in [0.1, 0.15) is 0 Å². The fourth-order valence-corrected chi connectivity index (χ4v) is 3.16. The number of hydrogen-bond acceptors (Lipinski definition) is 5. The minimum atomic E-state index is -0.289. The summed E-state index contributed by atoms with van der Waals surface area (Å²) >= 11 is 6.05. The number of nitrogens with one attached hydrogen (secondary N) is 1. The maximum Gasteiger partial charge on any atom is 0.260 e. The number of benzene rings is 2. The lowest BCUT2D eigenvalue weighted by Crippen LogP contribution is -2.13. The zero-order chi connectivity index (χ0) is 21.3. The molecule has 1 N–H and O–H groups in total. The van der Waals surface area contributed by atoms with Crippen LogP contribution in [0.1, 0.15) is 41.5 Å². The van der Waals surface area contributed by atoms with Crippen LogP contribution in [0.15, 0.2) is 59.4 Å². The molecule has 2 heterocycles. The zero-order valence-corrected chi connectivity index (χ0v) is 17.5. The summed E-state index contributed by atoms with van der Waals surface area (Å²) < 4.78 is 7.03. The van der Waals surface area contributed by atoms with Crippen molar-refractivity contribution in [1.29, 1.82) is 0 Å². The third kappa shape index (κ3) is 3.97. The maximum atomic E-state index is 12.9. The molecule has 0 bridgehead atoms. The van der Waals surface area contributed by atoms with Gasteiger partial charge in [0.05, 0.1) is 28.7 Å². The van der Waals surface area contributed by atoms with Crippen LogP contribution in [-0.2, 0) is 0 Å². The summed E-state index contributed by atoms with van der Waals surface area (Å²) in [6.07, 6.45) is 3.17. The number of carbonyl (C=O) groups excluding carboxylic acids is 1. The van der Waals surface area contributed by atoms with Crippen LogP contribution in [0.2, 0.25) is 5.02 Å². The van der Waals surface area contributed by atoms with Crippen molar-refractivity contribution >= 4 is 23.2 Å². The average Bonchev–Trinajstić information content (AvgIpc) is 3.40. The van der Waals surface area contributed by atoms with Gasteiger partial charge in [-0.25, -0.2) is 4.68 Å². The topological polar surface area (TPSA) is 85.8 Å². The first-order valence-corrected chi connectivity index (χ1v) is 9.85. The van der Waals surface area contributed by atoms with E-state index in [0.29, 0.717) is 33.6 Å². The van der Waals surface area contributed by atoms with E-state index in [9.17, 15) is 4.79 Å². The molecule has 0 atom stereocenters. The number of carbonyl (C=O) groups is 1. The van der Waals surface area contributed by atoms with Gasteiger partial charge < -0.3 is 9.84 Å². The van der Waals surface area contributed by atoms with E-state index < -0.39 is 0 Å². The minimum Gasteiger partial charge on any atom is -0.334 e. The van der Waals surface area contributed by atoms with Crippen LogP contribution in [0, 0.1) is 6.92 Å². The monoisotopic (exact) mass is 421 g/mol. The first-order chi connectivity index (χ1) is 14.4. The Morgan fingerprint density at radius 3 is 2.73 bits per heavy atom. The molecule has 0 fully saturated rings. The molecule has 2 aromatic carbocycles. The lowest BCUT2D eigenvalue weighted by molar-refractivity contribution is 0.102. The molecule has 0 saturated carbocycles. The molecule has 30 heavy (non-hydrogen) atoms. The van der Waals surface area contributed by atoms with Crippen molar-refractivity contribution in [3.8, 4) is 17.1 Å². The highest BCUT2D eigenvalue weighted by atomic mass is 35.5. The van der Waals surface area contributed by atoms with E-state index in [1.165, 1.54) is 6.20 Å². The Morgan fingerprint density at radius 1 is 1.20 bits per heavy atom. The number of halogens is 1. The lowest BCUT2D eigenvalue weighted by atomic mass is 10.1. The summed E-state index contributed by atoms with van der Waals surface area (Å²) in [6.45, 7) is 5.89. The molecular weight excluding hydrogens is 402 g/mol. The minimum absolute atomic E-state index is 0.141. The number of nitrogens with zero attached hydrogens (tertiary/aromatic N) is 4. The fourth-order valence-electron chi connectivity index (χ4n) is 2.98. The number of anilines is 1. The Kier molecular flexibility index (Phi) is 5.37. The second-order valence-electron chi connectivity index (χ2n) is 7.22. The largest absolute Gasteiger partial charge is 0.334 e. The lowest BCUT2D eigenvalue weighted by Gasteiger charge is -2.11. The van der Waals surface area contributed by atoms with Gasteiger partial charge in [0.15, 0.2) is 5.82 Å². The van der Waals surface area contributed by atoms with Crippen LogP contribution < -0.4 is 5.32 Å². The van der Waals surface area contributed by atoms with Crippen LogP contribution in [0.3, 0.4) is 0 Å². The van der Waals surface area contributed by atoms with Crippen molar-refractivity contribution in [2.24, 2.45) is 0 Å². The van der Waals surface area contributed by atoms with Crippen molar-refractivity contribution in [3.63, 3.8) is 0 Å². The summed E-state index contributed by atoms with van der Waals surface area (Å²) in [4.78, 5) is 17.4. The highest BCUT2D eigenvalue weighted by Crippen LogP contribution is 2.31. The second-order valence-corrected chi connectivity index (χ2v) is 7.65. The number of amides is 1. The van der Waals surface area contributed by atoms with Crippen molar-refractivity contribution in [1.82, 2.24) is 19.9 Å². The number of rotatable bonds is 5. The van der Waals surface area contributed by atoms with Crippen LogP contribution in [0.25, 0.3) is 17.1 Å². The molecule has 152 valence electrons. The van der Waals surface area contributed by atoms with Gasteiger partial charge in [0.2, 0.25) is 0 Å². The first kappa shape index (κ1) is 19.8. The van der Waals surface area contributed by atoms with E-state index in [-0.39, 0.29) is 11.8 Å². The number of hydrogen-bond donors (Lipinski definition) is 1. The smallest absolute Gasteiger partial charge is 0.260 e. The highest BCUT2D eigenvalue weighted by molar-refractivity contribution is 6.30. The standard InChI is InChI=1S/C22H20ClN5O2/c1-13(2)20-26-22(30-27-20)18-9-4-6-14(3)19(18)25-21(29)15-11-24-28(12-15)17-8-5-7-16(23)10-17/h4-13H,1-3H3,(H,25,29). The molecule has 0 aliphatic rings. The Bertz CT molecular complexity index is 1210. The summed E-state index contributed by atoms with van der Waals surface area (Å²) in [7, 11) is 0. The van der Waals surface area contributed by atoms with E-state index in [1.807, 2.05) is 51.1 Å². The van der Waals surface area contributed by atoms with E-state index in [4.69, 9.17) is 16.1 Å². The van der Waals surface area contributed by atoms with Crippen LogP contribution in [0.4, 0.5) is 5.69 Å². The number of aryl methyl sites for hydroxylation is 1. The van der Waals surface area contributed by atoms with Crippen LogP contribution >= 0.6 is 11.6 Å². The molecule has 4 rings (SSSR count). The van der Waals surface area contributed by atoms with E-state index in [2.05, 4.69) is 20.6 Å². The van der Waals surface area contributed by atoms with Crippen molar-refractivity contribution < 1.29 is 9.32 Å². The van der Waals surface area contributed by atoms with Crippen LogP contribution in [-0.4, -0.2) is 25.8 Å². The zero-order valence-electron chi connectivity index (χ0n) is 16.8. The van der Waals surface area contributed by atoms with Gasteiger partial charge in [-0.2, -0.15) is 10.1 Å². The Labute approximate surface area is 178 Å². The number of aromatic nitrogens is 4. The maximum absolute atomic E-state index is 12.9. The third-order valence-electron chi connectivity index (χ3n) is 4.62. The summed E-state index contributed by atoms with van der Waals surface area (Å²) in [5.41, 5.74) is 3.36. The summed E-state index contributed by atoms with van der Waals surface area (Å²) in [5.74, 6) is 0.837. The first-order valence-electron chi connectivity index (χ1n) is 9.48. The van der Waals surface area contributed by atoms with E-state index in [1.54, 1.807) is 23.0 Å². The molecule has 0 radical (unpaired) electrons. The number of para-hydroxylation sites is 1. The van der Waals surface area contributed by atoms with Crippen molar-refractivity contribution in [3.05, 3.63) is 76.8 Å². The average molecular weight is 422 g/mol. The van der Waals surface area contributed by atoms with Gasteiger partial charge >= 0.3 is 0 Å². The molecular formula is C22H20ClN5O2. The van der Waals surface area contributed by atoms with Crippen molar-refractivity contribution in [2.75, 3.05) is 5.32 Å². The molecule has 0 unspecified atom stereocenters. The normalized spacial score (nSPS) is 11.1. The van der Waals surface area contributed by atoms with Crippen molar-refractivity contribution in [2.45, 2.75) is 26.7 Å². The van der Waals surface area contributed by atoms with E-state index >= 15 is 0 Å². The van der Waals surface area contributed by atoms with Crippen LogP contribution in [0.5, 0.6) is 0 Å². The molecule has 0 aliphatic carbocycles. The molecule has 0 aliphatic heterocycles. The SMILES string of the molecule is Cc1cccc(-c2nc(C(C)C)no2)c1NC(=O)c1cnn(-c2cccc(Cl)c2)c1. The predicted octanol–water partition coefficient (Wildman–Crippen LogP) is 5.26. The molecule has 2 aromatic heterocycles. The molecule has 7 nitrogen and oxygen atoms in total. The third-order valence-corrected chi connectivity index (χ3v) is 4.85. The Morgan fingerprint density at radius 2 is 2.00 bits per heavy atom. The molecule has 1 amide bonds. The Balaban J connectivity index is 1.62. The Hall–Kier alpha value is -3.45. The summed E-state index contributed by atoms with van der Waals surface area (Å²) in [6, 6.07) is 12.9. The van der Waals surface area contributed by atoms with E-state index in [0.717, 1.165) is 11.3 Å². The molecule has 4 aromatic rings. The van der Waals surface area contributed by atoms with Gasteiger partial charge in [-0.3, -0.25) is 4.79 Å². The van der Waals surface area contributed by atoms with Gasteiger partial charge in [-0.15, -0.1) is 0 Å². The highest BCUT2D eigenvalue weighted by Gasteiger charge is 2.19. The van der Waals surface area contributed by atoms with Gasteiger partial charge in [0, 0.05) is 17.1 Å². The quantitative estimate of drug-likeness (QED) is 0.475.